The van der Waals surface area contributed by atoms with Gasteiger partial charge in [0, 0.05) is 62.0 Å². The highest BCUT2D eigenvalue weighted by Gasteiger charge is 2.21. The topological polar surface area (TPSA) is 40.9 Å². The van der Waals surface area contributed by atoms with E-state index < -0.39 is 0 Å². The van der Waals surface area contributed by atoms with Crippen molar-refractivity contribution in [2.45, 2.75) is 19.4 Å². The van der Waals surface area contributed by atoms with Gasteiger partial charge in [0.25, 0.3) is 0 Å². The van der Waals surface area contributed by atoms with E-state index in [1.807, 2.05) is 29.2 Å². The highest BCUT2D eigenvalue weighted by molar-refractivity contribution is 7.15. The fraction of sp³-hybridized carbons (Fsp3) is 0.280. The lowest BCUT2D eigenvalue weighted by Gasteiger charge is -2.34. The third-order valence-corrected chi connectivity index (χ3v) is 6.81. The Morgan fingerprint density at radius 2 is 1.65 bits per heavy atom. The summed E-state index contributed by atoms with van der Waals surface area (Å²) in [6.45, 7) is 4.46. The lowest BCUT2D eigenvalue weighted by atomic mass is 10.2. The average Bonchev–Trinajstić information content (AvgIpc) is 3.41. The van der Waals surface area contributed by atoms with E-state index in [0.717, 1.165) is 61.1 Å². The van der Waals surface area contributed by atoms with Crippen LogP contribution in [0.3, 0.4) is 0 Å². The Kier molecular flexibility index (Phi) is 5.82. The second kappa shape index (κ2) is 9.04. The molecule has 0 unspecified atom stereocenters. The molecular weight excluding hydrogens is 404 g/mol. The van der Waals surface area contributed by atoms with Crippen LogP contribution in [0.25, 0.3) is 16.2 Å². The molecule has 158 valence electrons. The van der Waals surface area contributed by atoms with Crippen LogP contribution in [0.1, 0.15) is 17.7 Å². The Balaban J connectivity index is 1.16. The van der Waals surface area contributed by atoms with Crippen LogP contribution in [-0.4, -0.2) is 51.3 Å². The number of amides is 1. The van der Waals surface area contributed by atoms with Gasteiger partial charge in [-0.25, -0.2) is 4.98 Å². The lowest BCUT2D eigenvalue weighted by Crippen LogP contribution is -2.48. The molecule has 0 spiro atoms. The van der Waals surface area contributed by atoms with Gasteiger partial charge in [0.2, 0.25) is 5.91 Å². The smallest absolute Gasteiger partial charge is 0.223 e. The highest BCUT2D eigenvalue weighted by atomic mass is 32.1. The molecule has 2 aromatic heterocycles. The van der Waals surface area contributed by atoms with E-state index in [4.69, 9.17) is 4.98 Å². The first kappa shape index (κ1) is 20.0. The maximum absolute atomic E-state index is 12.8. The van der Waals surface area contributed by atoms with E-state index in [-0.39, 0.29) is 5.91 Å². The molecule has 1 fully saturated rings. The molecule has 0 bridgehead atoms. The van der Waals surface area contributed by atoms with Crippen molar-refractivity contribution in [1.29, 1.82) is 0 Å². The van der Waals surface area contributed by atoms with Gasteiger partial charge in [-0.1, -0.05) is 60.7 Å². The molecule has 0 aliphatic carbocycles. The van der Waals surface area contributed by atoms with Crippen LogP contribution >= 0.6 is 11.3 Å². The van der Waals surface area contributed by atoms with Crippen molar-refractivity contribution in [3.63, 3.8) is 0 Å². The lowest BCUT2D eigenvalue weighted by molar-refractivity contribution is -0.133. The van der Waals surface area contributed by atoms with E-state index in [1.165, 1.54) is 5.56 Å². The maximum atomic E-state index is 12.8. The number of hydrogen-bond donors (Lipinski definition) is 0. The number of hydrogen-bond acceptors (Lipinski definition) is 4. The van der Waals surface area contributed by atoms with Crippen LogP contribution in [0.5, 0.6) is 0 Å². The molecule has 0 radical (unpaired) electrons. The van der Waals surface area contributed by atoms with Crippen molar-refractivity contribution >= 4 is 22.2 Å². The summed E-state index contributed by atoms with van der Waals surface area (Å²) < 4.78 is 2.14. The third kappa shape index (κ3) is 4.55. The van der Waals surface area contributed by atoms with Crippen LogP contribution in [0.2, 0.25) is 0 Å². The molecule has 0 N–H and O–H groups in total. The van der Waals surface area contributed by atoms with E-state index in [0.29, 0.717) is 6.42 Å². The van der Waals surface area contributed by atoms with Gasteiger partial charge in [0.15, 0.2) is 4.96 Å². The van der Waals surface area contributed by atoms with Crippen LogP contribution < -0.4 is 0 Å². The van der Waals surface area contributed by atoms with Gasteiger partial charge in [-0.05, 0) is 12.0 Å². The quantitative estimate of drug-likeness (QED) is 0.457. The molecule has 0 atom stereocenters. The normalized spacial score (nSPS) is 14.9. The molecule has 6 heteroatoms. The third-order valence-electron chi connectivity index (χ3n) is 5.92. The second-order valence-corrected chi connectivity index (χ2v) is 8.85. The SMILES string of the molecule is O=C(CCc1csc2nc(-c3ccccc3)cn12)N1CCN(Cc2ccccc2)CC1. The number of nitrogens with zero attached hydrogens (tertiary/aromatic N) is 4. The van der Waals surface area contributed by atoms with Crippen molar-refractivity contribution in [2.24, 2.45) is 0 Å². The molecule has 1 aliphatic heterocycles. The number of aryl methyl sites for hydroxylation is 1. The summed E-state index contributed by atoms with van der Waals surface area (Å²) in [5, 5.41) is 2.13. The molecular formula is C25H26N4OS. The van der Waals surface area contributed by atoms with Gasteiger partial charge in [0.05, 0.1) is 5.69 Å². The first-order valence-corrected chi connectivity index (χ1v) is 11.7. The number of aromatic nitrogens is 2. The fourth-order valence-corrected chi connectivity index (χ4v) is 5.05. The molecule has 1 amide bonds. The fourth-order valence-electron chi connectivity index (χ4n) is 4.15. The van der Waals surface area contributed by atoms with Crippen LogP contribution in [0.15, 0.2) is 72.2 Å². The molecule has 31 heavy (non-hydrogen) atoms. The number of carbonyl (C=O) groups excluding carboxylic acids is 1. The first-order valence-electron chi connectivity index (χ1n) is 10.8. The summed E-state index contributed by atoms with van der Waals surface area (Å²) in [4.78, 5) is 23.0. The Morgan fingerprint density at radius 1 is 0.935 bits per heavy atom. The summed E-state index contributed by atoms with van der Waals surface area (Å²) in [5.74, 6) is 0.252. The first-order chi connectivity index (χ1) is 15.3. The minimum absolute atomic E-state index is 0.252. The largest absolute Gasteiger partial charge is 0.340 e. The average molecular weight is 431 g/mol. The Bertz CT molecular complexity index is 1140. The van der Waals surface area contributed by atoms with Gasteiger partial charge >= 0.3 is 0 Å². The molecule has 1 aliphatic rings. The molecule has 2 aromatic carbocycles. The molecule has 5 nitrogen and oxygen atoms in total. The predicted octanol–water partition coefficient (Wildman–Crippen LogP) is 4.34. The van der Waals surface area contributed by atoms with Crippen LogP contribution in [-0.2, 0) is 17.8 Å². The number of thiazole rings is 1. The molecule has 0 saturated carbocycles. The van der Waals surface area contributed by atoms with Gasteiger partial charge in [-0.3, -0.25) is 14.1 Å². The van der Waals surface area contributed by atoms with E-state index in [1.54, 1.807) is 11.3 Å². The van der Waals surface area contributed by atoms with Crippen molar-refractivity contribution < 1.29 is 4.79 Å². The Hall–Kier alpha value is -2.96. The minimum Gasteiger partial charge on any atom is -0.340 e. The number of carbonyl (C=O) groups is 1. The van der Waals surface area contributed by atoms with Gasteiger partial charge in [0.1, 0.15) is 0 Å². The summed E-state index contributed by atoms with van der Waals surface area (Å²) in [5.41, 5.74) is 4.59. The predicted molar refractivity (Wildman–Crippen MR) is 125 cm³/mol. The van der Waals surface area contributed by atoms with Gasteiger partial charge in [-0.2, -0.15) is 0 Å². The molecule has 5 rings (SSSR count). The number of rotatable bonds is 6. The zero-order chi connectivity index (χ0) is 21.0. The Labute approximate surface area is 186 Å². The zero-order valence-corrected chi connectivity index (χ0v) is 18.3. The number of fused-ring (bicyclic) bond motifs is 1. The zero-order valence-electron chi connectivity index (χ0n) is 17.5. The minimum atomic E-state index is 0.252. The van der Waals surface area contributed by atoms with E-state index >= 15 is 0 Å². The van der Waals surface area contributed by atoms with Crippen molar-refractivity contribution in [3.05, 3.63) is 83.5 Å². The van der Waals surface area contributed by atoms with Crippen LogP contribution in [0, 0.1) is 0 Å². The highest BCUT2D eigenvalue weighted by Crippen LogP contribution is 2.24. The number of benzene rings is 2. The summed E-state index contributed by atoms with van der Waals surface area (Å²) in [6, 6.07) is 20.8. The van der Waals surface area contributed by atoms with Crippen molar-refractivity contribution in [2.75, 3.05) is 26.2 Å². The van der Waals surface area contributed by atoms with E-state index in [9.17, 15) is 4.79 Å². The second-order valence-electron chi connectivity index (χ2n) is 8.01. The summed E-state index contributed by atoms with van der Waals surface area (Å²) in [6.07, 6.45) is 3.38. The van der Waals surface area contributed by atoms with Gasteiger partial charge in [-0.15, -0.1) is 11.3 Å². The van der Waals surface area contributed by atoms with Crippen LogP contribution in [0.4, 0.5) is 0 Å². The van der Waals surface area contributed by atoms with Crippen molar-refractivity contribution in [1.82, 2.24) is 19.2 Å². The standard InChI is InChI=1S/C25H26N4OS/c30-24(28-15-13-27(14-16-28)17-20-7-3-1-4-8-20)12-11-22-19-31-25-26-23(18-29(22)25)21-9-5-2-6-10-21/h1-10,18-19H,11-17H2. The van der Waals surface area contributed by atoms with Crippen molar-refractivity contribution in [3.8, 4) is 11.3 Å². The molecule has 4 aromatic rings. The number of piperazine rings is 1. The van der Waals surface area contributed by atoms with Gasteiger partial charge < -0.3 is 4.90 Å². The van der Waals surface area contributed by atoms with E-state index in [2.05, 4.69) is 57.3 Å². The molecule has 1 saturated heterocycles. The summed E-state index contributed by atoms with van der Waals surface area (Å²) >= 11 is 1.64. The molecule has 3 heterocycles. The number of imidazole rings is 1. The Morgan fingerprint density at radius 3 is 2.39 bits per heavy atom. The summed E-state index contributed by atoms with van der Waals surface area (Å²) in [7, 11) is 0. The monoisotopic (exact) mass is 430 g/mol. The maximum Gasteiger partial charge on any atom is 0.223 e.